The van der Waals surface area contributed by atoms with E-state index in [0.717, 1.165) is 17.4 Å². The van der Waals surface area contributed by atoms with Crippen molar-refractivity contribution in [3.8, 4) is 17.2 Å². The highest BCUT2D eigenvalue weighted by molar-refractivity contribution is 9.11. The first-order valence-corrected chi connectivity index (χ1v) is 15.7. The van der Waals surface area contributed by atoms with E-state index >= 15 is 0 Å². The number of nitrogens with zero attached hydrogens (tertiary/aromatic N) is 1. The molecule has 0 atom stereocenters. The molecule has 14 heteroatoms. The van der Waals surface area contributed by atoms with Crippen LogP contribution >= 0.6 is 43.5 Å². The lowest BCUT2D eigenvalue weighted by molar-refractivity contribution is -0.130. The van der Waals surface area contributed by atoms with E-state index < -0.39 is 33.5 Å². The monoisotopic (exact) mass is 740 g/mol. The van der Waals surface area contributed by atoms with Crippen LogP contribution in [0.15, 0.2) is 74.0 Å². The Bertz CT molecular complexity index is 1690. The van der Waals surface area contributed by atoms with Gasteiger partial charge >= 0.3 is 16.1 Å². The lowest BCUT2D eigenvalue weighted by Crippen LogP contribution is -2.53. The third-order valence-electron chi connectivity index (χ3n) is 5.85. The Morgan fingerprint density at radius 2 is 1.71 bits per heavy atom. The summed E-state index contributed by atoms with van der Waals surface area (Å²) in [6.07, 6.45) is 1.95. The van der Waals surface area contributed by atoms with Crippen LogP contribution in [0.4, 0.5) is 4.79 Å². The fourth-order valence-electron chi connectivity index (χ4n) is 3.85. The molecule has 4 amide bonds. The van der Waals surface area contributed by atoms with Crippen molar-refractivity contribution in [2.45, 2.75) is 24.8 Å². The van der Waals surface area contributed by atoms with Gasteiger partial charge in [-0.2, -0.15) is 8.42 Å². The zero-order valence-corrected chi connectivity index (χ0v) is 26.9. The molecular weight excluding hydrogens is 720 g/mol. The highest BCUT2D eigenvalue weighted by Crippen LogP contribution is 2.37. The molecule has 10 nitrogen and oxygen atoms in total. The number of hydrogen-bond acceptors (Lipinski definition) is 8. The Kier molecular flexibility index (Phi) is 9.97. The number of ether oxygens (including phenoxy) is 2. The number of methoxy groups -OCH3 is 1. The van der Waals surface area contributed by atoms with Gasteiger partial charge in [-0.3, -0.25) is 19.8 Å². The van der Waals surface area contributed by atoms with Gasteiger partial charge in [0.1, 0.15) is 10.5 Å². The number of rotatable bonds is 10. The molecule has 0 aliphatic carbocycles. The molecular formula is C28H23Br2ClN2O8S. The van der Waals surface area contributed by atoms with Crippen molar-refractivity contribution in [1.29, 1.82) is 0 Å². The van der Waals surface area contributed by atoms with Crippen LogP contribution < -0.4 is 19.0 Å². The van der Waals surface area contributed by atoms with Gasteiger partial charge in [0.05, 0.1) is 24.7 Å². The number of nitrogens with one attached hydrogen (secondary N) is 1. The zero-order chi connectivity index (χ0) is 30.6. The average molecular weight is 743 g/mol. The minimum absolute atomic E-state index is 0.0701. The number of barbiturate groups is 1. The van der Waals surface area contributed by atoms with Gasteiger partial charge in [0.2, 0.25) is 0 Å². The maximum absolute atomic E-state index is 13.5. The predicted molar refractivity (Wildman–Crippen MR) is 162 cm³/mol. The number of carbonyl (C=O) groups is 3. The molecule has 3 aromatic carbocycles. The summed E-state index contributed by atoms with van der Waals surface area (Å²) in [5, 5.41) is 2.49. The first-order valence-electron chi connectivity index (χ1n) is 12.3. The van der Waals surface area contributed by atoms with Crippen LogP contribution in [0.25, 0.3) is 6.08 Å². The van der Waals surface area contributed by atoms with Crippen molar-refractivity contribution in [2.75, 3.05) is 13.7 Å². The van der Waals surface area contributed by atoms with Gasteiger partial charge in [-0.25, -0.2) is 4.79 Å². The number of amides is 4. The van der Waals surface area contributed by atoms with Crippen molar-refractivity contribution in [2.24, 2.45) is 0 Å². The van der Waals surface area contributed by atoms with Crippen LogP contribution in [0.5, 0.6) is 17.2 Å². The van der Waals surface area contributed by atoms with Crippen LogP contribution in [-0.2, 0) is 26.3 Å². The number of halogens is 3. The van der Waals surface area contributed by atoms with Crippen LogP contribution in [0, 0.1) is 0 Å². The van der Waals surface area contributed by atoms with Gasteiger partial charge in [-0.15, -0.1) is 0 Å². The number of urea groups is 1. The first kappa shape index (κ1) is 31.5. The highest BCUT2D eigenvalue weighted by Gasteiger charge is 2.36. The van der Waals surface area contributed by atoms with Gasteiger partial charge in [-0.1, -0.05) is 40.5 Å². The molecule has 0 aromatic heterocycles. The van der Waals surface area contributed by atoms with Crippen LogP contribution in [-0.4, -0.2) is 44.9 Å². The maximum atomic E-state index is 13.5. The largest absolute Gasteiger partial charge is 0.493 e. The predicted octanol–water partition coefficient (Wildman–Crippen LogP) is 6.09. The molecule has 1 saturated heterocycles. The molecule has 1 heterocycles. The smallest absolute Gasteiger partial charge is 0.339 e. The van der Waals surface area contributed by atoms with E-state index in [2.05, 4.69) is 37.2 Å². The second-order valence-electron chi connectivity index (χ2n) is 8.84. The first-order chi connectivity index (χ1) is 19.9. The molecule has 1 aliphatic rings. The normalized spacial score (nSPS) is 14.6. The summed E-state index contributed by atoms with van der Waals surface area (Å²) in [7, 11) is -2.87. The zero-order valence-electron chi connectivity index (χ0n) is 22.2. The fraction of sp³-hybridized carbons (Fsp3) is 0.179. The molecule has 0 bridgehead atoms. The summed E-state index contributed by atoms with van der Waals surface area (Å²) in [4.78, 5) is 39.6. The second-order valence-corrected chi connectivity index (χ2v) is 12.6. The van der Waals surface area contributed by atoms with Crippen LogP contribution in [0.1, 0.15) is 24.5 Å². The minimum Gasteiger partial charge on any atom is -0.493 e. The van der Waals surface area contributed by atoms with Crippen molar-refractivity contribution in [3.63, 3.8) is 0 Å². The van der Waals surface area contributed by atoms with E-state index in [-0.39, 0.29) is 27.2 Å². The van der Waals surface area contributed by atoms with Crippen LogP contribution in [0.2, 0.25) is 5.02 Å². The molecule has 4 rings (SSSR count). The van der Waals surface area contributed by atoms with Crippen molar-refractivity contribution in [1.82, 2.24) is 10.2 Å². The van der Waals surface area contributed by atoms with E-state index in [0.29, 0.717) is 33.2 Å². The topological polar surface area (TPSA) is 128 Å². The summed E-state index contributed by atoms with van der Waals surface area (Å²) < 4.78 is 43.2. The lowest BCUT2D eigenvalue weighted by atomic mass is 10.1. The van der Waals surface area contributed by atoms with Gasteiger partial charge in [0.15, 0.2) is 17.2 Å². The van der Waals surface area contributed by atoms with Gasteiger partial charge in [-0.05, 0) is 82.5 Å². The molecule has 0 unspecified atom stereocenters. The Balaban J connectivity index is 1.68. The summed E-state index contributed by atoms with van der Waals surface area (Å²) in [6, 6.07) is 12.4. The summed E-state index contributed by atoms with van der Waals surface area (Å²) in [5.41, 5.74) is 0.195. The van der Waals surface area contributed by atoms with E-state index in [1.54, 1.807) is 18.2 Å². The van der Waals surface area contributed by atoms with Gasteiger partial charge < -0.3 is 13.7 Å². The molecule has 0 radical (unpaired) electrons. The van der Waals surface area contributed by atoms with E-state index in [1.165, 1.54) is 43.5 Å². The number of hydrogen-bond donors (Lipinski definition) is 1. The van der Waals surface area contributed by atoms with Crippen molar-refractivity contribution in [3.05, 3.63) is 85.3 Å². The Hall–Kier alpha value is -3.39. The Morgan fingerprint density at radius 3 is 2.38 bits per heavy atom. The maximum Gasteiger partial charge on any atom is 0.339 e. The quantitative estimate of drug-likeness (QED) is 0.150. The number of carbonyl (C=O) groups excluding carboxylic acids is 3. The molecule has 1 aliphatic heterocycles. The lowest BCUT2D eigenvalue weighted by Gasteiger charge is -2.27. The molecule has 0 spiro atoms. The van der Waals surface area contributed by atoms with Crippen molar-refractivity contribution < 1.29 is 36.5 Å². The third-order valence-corrected chi connectivity index (χ3v) is 8.38. The fourth-order valence-corrected chi connectivity index (χ4v) is 6.40. The second kappa shape index (κ2) is 13.3. The number of imide groups is 2. The minimum atomic E-state index is -4.34. The van der Waals surface area contributed by atoms with E-state index in [9.17, 15) is 22.8 Å². The Labute approximate surface area is 264 Å². The van der Waals surface area contributed by atoms with Gasteiger partial charge in [0.25, 0.3) is 11.8 Å². The standard InChI is InChI=1S/C28H23Br2ClN2O8S/c1-3-10-40-23-9-4-16(11-24(23)39-2)15-33-27(35)21(26(34)32-28(33)36)13-17-12-18(29)14-22(30)25(17)41-42(37,38)20-7-5-19(31)6-8-20/h4-9,11-14H,3,10,15H2,1-2H3,(H,32,34,36)/b21-13+. The molecule has 42 heavy (non-hydrogen) atoms. The molecule has 3 aromatic rings. The summed E-state index contributed by atoms with van der Waals surface area (Å²) in [5.74, 6) is -1.10. The van der Waals surface area contributed by atoms with Gasteiger partial charge in [0, 0.05) is 15.1 Å². The van der Waals surface area contributed by atoms with E-state index in [1.807, 2.05) is 6.92 Å². The summed E-state index contributed by atoms with van der Waals surface area (Å²) >= 11 is 12.5. The molecule has 1 N–H and O–H groups in total. The number of benzene rings is 3. The molecule has 220 valence electrons. The average Bonchev–Trinajstić information content (AvgIpc) is 2.94. The molecule has 0 saturated carbocycles. The van der Waals surface area contributed by atoms with Crippen molar-refractivity contribution >= 4 is 77.5 Å². The highest BCUT2D eigenvalue weighted by atomic mass is 79.9. The third kappa shape index (κ3) is 7.14. The SMILES string of the molecule is CCCOc1ccc(CN2C(=O)NC(=O)/C(=C\c3cc(Br)cc(Br)c3OS(=O)(=O)c3ccc(Cl)cc3)C2=O)cc1OC. The van der Waals surface area contributed by atoms with E-state index in [4.69, 9.17) is 25.3 Å². The molecule has 1 fully saturated rings. The summed E-state index contributed by atoms with van der Waals surface area (Å²) in [6.45, 7) is 2.27. The van der Waals surface area contributed by atoms with Crippen LogP contribution in [0.3, 0.4) is 0 Å². The Morgan fingerprint density at radius 1 is 1.00 bits per heavy atom.